The Morgan fingerprint density at radius 2 is 1.58 bits per heavy atom. The van der Waals surface area contributed by atoms with Crippen molar-refractivity contribution in [1.82, 2.24) is 5.32 Å². The van der Waals surface area contributed by atoms with Crippen molar-refractivity contribution in [2.45, 2.75) is 13.3 Å². The van der Waals surface area contributed by atoms with Gasteiger partial charge in [0.15, 0.2) is 0 Å². The van der Waals surface area contributed by atoms with Crippen molar-refractivity contribution in [3.63, 3.8) is 0 Å². The van der Waals surface area contributed by atoms with Crippen molar-refractivity contribution in [3.05, 3.63) is 54.1 Å². The lowest BCUT2D eigenvalue weighted by Gasteiger charge is -2.22. The van der Waals surface area contributed by atoms with E-state index in [4.69, 9.17) is 9.47 Å². The summed E-state index contributed by atoms with van der Waals surface area (Å²) in [6.45, 7) is 1.81. The quantitative estimate of drug-likeness (QED) is 0.789. The Labute approximate surface area is 153 Å². The monoisotopic (exact) mass is 356 g/mol. The number of hydrogen-bond acceptors (Lipinski definition) is 4. The number of benzene rings is 2. The Morgan fingerprint density at radius 3 is 2.23 bits per heavy atom. The fraction of sp³-hybridized carbons (Fsp3) is 0.300. The number of rotatable bonds is 8. The van der Waals surface area contributed by atoms with E-state index < -0.39 is 0 Å². The van der Waals surface area contributed by atoms with Crippen LogP contribution in [0, 0.1) is 0 Å². The summed E-state index contributed by atoms with van der Waals surface area (Å²) in [6.07, 6.45) is 0.643. The fourth-order valence-corrected chi connectivity index (χ4v) is 2.66. The van der Waals surface area contributed by atoms with Crippen LogP contribution in [0.3, 0.4) is 0 Å². The summed E-state index contributed by atoms with van der Waals surface area (Å²) < 4.78 is 10.6. The van der Waals surface area contributed by atoms with Crippen molar-refractivity contribution in [2.75, 3.05) is 32.2 Å². The van der Waals surface area contributed by atoms with Crippen LogP contribution in [0.15, 0.2) is 48.5 Å². The van der Waals surface area contributed by atoms with Crippen LogP contribution in [-0.2, 0) is 16.0 Å². The Morgan fingerprint density at radius 1 is 0.962 bits per heavy atom. The van der Waals surface area contributed by atoms with Crippen LogP contribution in [0.4, 0.5) is 5.69 Å². The maximum atomic E-state index is 12.3. The first-order chi connectivity index (χ1) is 12.6. The molecular formula is C20H24N2O4. The molecule has 0 saturated carbocycles. The second-order valence-corrected chi connectivity index (χ2v) is 5.69. The van der Waals surface area contributed by atoms with Gasteiger partial charge in [-0.05, 0) is 30.2 Å². The average molecular weight is 356 g/mol. The first kappa shape index (κ1) is 19.3. The van der Waals surface area contributed by atoms with Gasteiger partial charge in [-0.2, -0.15) is 0 Å². The highest BCUT2D eigenvalue weighted by Crippen LogP contribution is 2.27. The van der Waals surface area contributed by atoms with Gasteiger partial charge in [0.25, 0.3) is 0 Å². The predicted octanol–water partition coefficient (Wildman–Crippen LogP) is 2.42. The minimum Gasteiger partial charge on any atom is -0.496 e. The van der Waals surface area contributed by atoms with Crippen LogP contribution >= 0.6 is 0 Å². The molecule has 6 heteroatoms. The predicted molar refractivity (Wildman–Crippen MR) is 101 cm³/mol. The molecule has 0 bridgehead atoms. The Hall–Kier alpha value is -3.02. The molecule has 2 amide bonds. The van der Waals surface area contributed by atoms with Gasteiger partial charge in [0.2, 0.25) is 11.8 Å². The molecule has 0 unspecified atom stereocenters. The molecule has 2 aromatic carbocycles. The summed E-state index contributed by atoms with van der Waals surface area (Å²) in [5.74, 6) is 0.876. The van der Waals surface area contributed by atoms with E-state index in [1.54, 1.807) is 25.3 Å². The SMILES string of the molecule is COc1ccccc1CCNC(=O)CN(C(C)=O)c1ccccc1OC. The zero-order valence-corrected chi connectivity index (χ0v) is 15.3. The Bertz CT molecular complexity index is 761. The van der Waals surface area contributed by atoms with E-state index >= 15 is 0 Å². The van der Waals surface area contributed by atoms with Gasteiger partial charge in [-0.3, -0.25) is 14.5 Å². The summed E-state index contributed by atoms with van der Waals surface area (Å²) in [4.78, 5) is 25.7. The third kappa shape index (κ3) is 4.99. The molecule has 0 aromatic heterocycles. The number of methoxy groups -OCH3 is 2. The Balaban J connectivity index is 1.97. The first-order valence-corrected chi connectivity index (χ1v) is 8.36. The normalized spacial score (nSPS) is 10.1. The molecule has 6 nitrogen and oxygen atoms in total. The molecule has 0 radical (unpaired) electrons. The number of nitrogens with zero attached hydrogens (tertiary/aromatic N) is 1. The fourth-order valence-electron chi connectivity index (χ4n) is 2.66. The van der Waals surface area contributed by atoms with E-state index in [1.165, 1.54) is 18.9 Å². The first-order valence-electron chi connectivity index (χ1n) is 8.36. The van der Waals surface area contributed by atoms with E-state index in [9.17, 15) is 9.59 Å². The lowest BCUT2D eigenvalue weighted by Crippen LogP contribution is -2.40. The van der Waals surface area contributed by atoms with Crippen molar-refractivity contribution in [2.24, 2.45) is 0 Å². The summed E-state index contributed by atoms with van der Waals surface area (Å²) in [5.41, 5.74) is 1.59. The summed E-state index contributed by atoms with van der Waals surface area (Å²) in [5, 5.41) is 2.85. The molecule has 0 aliphatic heterocycles. The smallest absolute Gasteiger partial charge is 0.240 e. The second-order valence-electron chi connectivity index (χ2n) is 5.69. The van der Waals surface area contributed by atoms with Crippen molar-refractivity contribution < 1.29 is 19.1 Å². The molecule has 0 aliphatic rings. The highest BCUT2D eigenvalue weighted by molar-refractivity contribution is 5.98. The number of ether oxygens (including phenoxy) is 2. The van der Waals surface area contributed by atoms with E-state index in [0.29, 0.717) is 24.4 Å². The number of anilines is 1. The molecule has 0 aliphatic carbocycles. The molecule has 1 N–H and O–H groups in total. The molecule has 2 rings (SSSR count). The zero-order valence-electron chi connectivity index (χ0n) is 15.3. The number of carbonyl (C=O) groups excluding carboxylic acids is 2. The molecule has 138 valence electrons. The number of hydrogen-bond donors (Lipinski definition) is 1. The van der Waals surface area contributed by atoms with Gasteiger partial charge >= 0.3 is 0 Å². The lowest BCUT2D eigenvalue weighted by atomic mass is 10.1. The van der Waals surface area contributed by atoms with Crippen LogP contribution in [0.1, 0.15) is 12.5 Å². The van der Waals surface area contributed by atoms with Crippen LogP contribution in [0.25, 0.3) is 0 Å². The Kier molecular flexibility index (Phi) is 7.02. The molecule has 0 spiro atoms. The largest absolute Gasteiger partial charge is 0.496 e. The van der Waals surface area contributed by atoms with E-state index in [1.807, 2.05) is 30.3 Å². The number of nitrogens with one attached hydrogen (secondary N) is 1. The topological polar surface area (TPSA) is 67.9 Å². The molecule has 0 saturated heterocycles. The number of para-hydroxylation sites is 3. The summed E-state index contributed by atoms with van der Waals surface area (Å²) in [6, 6.07) is 14.8. The van der Waals surface area contributed by atoms with Gasteiger partial charge in [-0.1, -0.05) is 30.3 Å². The van der Waals surface area contributed by atoms with Gasteiger partial charge in [-0.25, -0.2) is 0 Å². The van der Waals surface area contributed by atoms with E-state index in [-0.39, 0.29) is 18.4 Å². The highest BCUT2D eigenvalue weighted by atomic mass is 16.5. The van der Waals surface area contributed by atoms with Crippen LogP contribution in [-0.4, -0.2) is 39.1 Å². The lowest BCUT2D eigenvalue weighted by molar-refractivity contribution is -0.123. The molecule has 2 aromatic rings. The van der Waals surface area contributed by atoms with Gasteiger partial charge in [0.05, 0.1) is 19.9 Å². The van der Waals surface area contributed by atoms with Crippen LogP contribution in [0.5, 0.6) is 11.5 Å². The molecule has 0 atom stereocenters. The van der Waals surface area contributed by atoms with Gasteiger partial charge < -0.3 is 14.8 Å². The maximum Gasteiger partial charge on any atom is 0.240 e. The van der Waals surface area contributed by atoms with Crippen molar-refractivity contribution in [1.29, 1.82) is 0 Å². The third-order valence-electron chi connectivity index (χ3n) is 3.97. The standard InChI is InChI=1S/C20H24N2O4/c1-15(23)22(17-9-5-7-11-19(17)26-3)14-20(24)21-13-12-16-8-4-6-10-18(16)25-2/h4-11H,12-14H2,1-3H3,(H,21,24). The van der Waals surface area contributed by atoms with E-state index in [0.717, 1.165) is 11.3 Å². The van der Waals surface area contributed by atoms with Gasteiger partial charge in [0, 0.05) is 13.5 Å². The average Bonchev–Trinajstić information content (AvgIpc) is 2.66. The third-order valence-corrected chi connectivity index (χ3v) is 3.97. The number of carbonyl (C=O) groups is 2. The van der Waals surface area contributed by atoms with Crippen molar-refractivity contribution >= 4 is 17.5 Å². The highest BCUT2D eigenvalue weighted by Gasteiger charge is 2.19. The van der Waals surface area contributed by atoms with Gasteiger partial charge in [-0.15, -0.1) is 0 Å². The molecule has 0 fully saturated rings. The minimum absolute atomic E-state index is 0.0678. The number of amides is 2. The van der Waals surface area contributed by atoms with Gasteiger partial charge in [0.1, 0.15) is 18.0 Å². The molecule has 0 heterocycles. The molecular weight excluding hydrogens is 332 g/mol. The second kappa shape index (κ2) is 9.46. The van der Waals surface area contributed by atoms with Crippen LogP contribution < -0.4 is 19.7 Å². The van der Waals surface area contributed by atoms with E-state index in [2.05, 4.69) is 5.32 Å². The van der Waals surface area contributed by atoms with Crippen molar-refractivity contribution in [3.8, 4) is 11.5 Å². The maximum absolute atomic E-state index is 12.3. The summed E-state index contributed by atoms with van der Waals surface area (Å²) >= 11 is 0. The minimum atomic E-state index is -0.235. The van der Waals surface area contributed by atoms with Crippen LogP contribution in [0.2, 0.25) is 0 Å². The zero-order chi connectivity index (χ0) is 18.9. The summed E-state index contributed by atoms with van der Waals surface area (Å²) in [7, 11) is 3.15. The molecule has 26 heavy (non-hydrogen) atoms.